The minimum Gasteiger partial charge on any atom is -0.493 e. The van der Waals surface area contributed by atoms with Crippen LogP contribution in [0.3, 0.4) is 0 Å². The highest BCUT2D eigenvalue weighted by Crippen LogP contribution is 2.35. The summed E-state index contributed by atoms with van der Waals surface area (Å²) in [6.07, 6.45) is 16.5. The predicted octanol–water partition coefficient (Wildman–Crippen LogP) is 5.33. The van der Waals surface area contributed by atoms with E-state index in [0.29, 0.717) is 47.3 Å². The summed E-state index contributed by atoms with van der Waals surface area (Å²) >= 11 is 0. The lowest BCUT2D eigenvalue weighted by Gasteiger charge is -2.42. The van der Waals surface area contributed by atoms with Crippen molar-refractivity contribution in [2.24, 2.45) is 5.41 Å². The van der Waals surface area contributed by atoms with E-state index in [1.807, 2.05) is 38.2 Å². The van der Waals surface area contributed by atoms with Gasteiger partial charge in [0.1, 0.15) is 12.1 Å². The number of fused-ring (bicyclic) bond motifs is 1. The van der Waals surface area contributed by atoms with Crippen LogP contribution in [0.4, 0.5) is 0 Å². The molecule has 1 aliphatic heterocycles. The van der Waals surface area contributed by atoms with E-state index in [9.17, 15) is 4.79 Å². The molecule has 0 aromatic carbocycles. The number of hydrogen-bond donors (Lipinski definition) is 1. The maximum Gasteiger partial charge on any atom is 0.229 e. The summed E-state index contributed by atoms with van der Waals surface area (Å²) in [4.78, 5) is 22.7. The van der Waals surface area contributed by atoms with Gasteiger partial charge >= 0.3 is 0 Å². The Hall–Kier alpha value is -3.43. The van der Waals surface area contributed by atoms with E-state index in [-0.39, 0.29) is 5.91 Å². The van der Waals surface area contributed by atoms with Crippen molar-refractivity contribution in [1.82, 2.24) is 20.2 Å². The standard InChI is InChI=1S/C32H46N4O5/c1-7-11-26(13-12-24(4)35-25(5)37)41-31-27-20-30(38-6)29(15-14-28(27)33-23-34-31)40-19-10-17-36(9-3)18-16-32(8-2)21-39-22-32/h7,11-13,15,20,23H,8-10,14,16-19,21-22H2,1-6H3,(H,35,37)/b11-7+,24-12+,26-13+. The van der Waals surface area contributed by atoms with Crippen LogP contribution < -0.4 is 10.1 Å². The lowest BCUT2D eigenvalue weighted by molar-refractivity contribution is -0.122. The van der Waals surface area contributed by atoms with Gasteiger partial charge in [-0.15, -0.1) is 0 Å². The smallest absolute Gasteiger partial charge is 0.229 e. The molecular weight excluding hydrogens is 520 g/mol. The molecule has 1 aliphatic carbocycles. The zero-order valence-electron chi connectivity index (χ0n) is 25.5. The van der Waals surface area contributed by atoms with Crippen molar-refractivity contribution in [3.8, 4) is 5.88 Å². The van der Waals surface area contributed by atoms with E-state index in [2.05, 4.69) is 34.0 Å². The van der Waals surface area contributed by atoms with Gasteiger partial charge in [0, 0.05) is 31.0 Å². The Balaban J connectivity index is 1.65. The van der Waals surface area contributed by atoms with E-state index in [4.69, 9.17) is 18.9 Å². The fourth-order valence-corrected chi connectivity index (χ4v) is 4.72. The van der Waals surface area contributed by atoms with Crippen LogP contribution in [-0.4, -0.2) is 67.3 Å². The average Bonchev–Trinajstić information content (AvgIpc) is 3.12. The third-order valence-electron chi connectivity index (χ3n) is 7.41. The maximum atomic E-state index is 11.3. The number of aromatic nitrogens is 2. The van der Waals surface area contributed by atoms with Gasteiger partial charge in [-0.05, 0) is 76.6 Å². The van der Waals surface area contributed by atoms with Gasteiger partial charge in [0.05, 0.1) is 38.2 Å². The van der Waals surface area contributed by atoms with Gasteiger partial charge in [0.15, 0.2) is 11.5 Å². The molecule has 2 aliphatic rings. The summed E-state index contributed by atoms with van der Waals surface area (Å²) in [5, 5.41) is 2.75. The Morgan fingerprint density at radius 2 is 1.98 bits per heavy atom. The van der Waals surface area contributed by atoms with Gasteiger partial charge in [-0.2, -0.15) is 0 Å². The number of carbonyl (C=O) groups excluding carboxylic acids is 1. The number of amides is 1. The quantitative estimate of drug-likeness (QED) is 0.163. The molecule has 1 saturated heterocycles. The second kappa shape index (κ2) is 16.1. The van der Waals surface area contributed by atoms with Gasteiger partial charge in [-0.3, -0.25) is 4.79 Å². The van der Waals surface area contributed by atoms with Crippen LogP contribution in [0, 0.1) is 5.41 Å². The SMILES string of the molecule is C/C=C/C(=C\C=C(/C)NC(C)=O)Oc1ncnc2c1C=C(OC)C(OCCCN(CC)CCC1(CC)COC1)=CC2. The molecule has 1 N–H and O–H groups in total. The molecule has 0 bridgehead atoms. The predicted molar refractivity (Wildman–Crippen MR) is 161 cm³/mol. The number of allylic oxidation sites excluding steroid dienone is 6. The molecule has 2 heterocycles. The first-order valence-corrected chi connectivity index (χ1v) is 14.5. The highest BCUT2D eigenvalue weighted by Gasteiger charge is 2.36. The highest BCUT2D eigenvalue weighted by molar-refractivity contribution is 5.74. The van der Waals surface area contributed by atoms with E-state index < -0.39 is 0 Å². The molecule has 0 atom stereocenters. The fourth-order valence-electron chi connectivity index (χ4n) is 4.72. The molecule has 224 valence electrons. The Kier molecular flexibility index (Phi) is 12.6. The van der Waals surface area contributed by atoms with Gasteiger partial charge < -0.3 is 29.2 Å². The van der Waals surface area contributed by atoms with Crippen LogP contribution in [0.2, 0.25) is 0 Å². The van der Waals surface area contributed by atoms with Crippen LogP contribution in [0.15, 0.2) is 59.7 Å². The number of methoxy groups -OCH3 is 1. The van der Waals surface area contributed by atoms with Crippen LogP contribution >= 0.6 is 0 Å². The van der Waals surface area contributed by atoms with Crippen molar-refractivity contribution in [2.75, 3.05) is 46.6 Å². The second-order valence-electron chi connectivity index (χ2n) is 10.5. The molecule has 41 heavy (non-hydrogen) atoms. The van der Waals surface area contributed by atoms with Gasteiger partial charge in [-0.1, -0.05) is 19.9 Å². The summed E-state index contributed by atoms with van der Waals surface area (Å²) in [6.45, 7) is 15.1. The number of nitrogens with one attached hydrogen (secondary N) is 1. The molecule has 3 rings (SSSR count). The van der Waals surface area contributed by atoms with Crippen LogP contribution in [0.25, 0.3) is 6.08 Å². The Bertz CT molecular complexity index is 1180. The molecule has 1 aromatic rings. The first-order valence-electron chi connectivity index (χ1n) is 14.5. The molecule has 1 amide bonds. The third-order valence-corrected chi connectivity index (χ3v) is 7.41. The summed E-state index contributed by atoms with van der Waals surface area (Å²) < 4.78 is 23.6. The molecule has 0 radical (unpaired) electrons. The van der Waals surface area contributed by atoms with E-state index in [1.54, 1.807) is 19.3 Å². The monoisotopic (exact) mass is 566 g/mol. The van der Waals surface area contributed by atoms with Crippen molar-refractivity contribution >= 4 is 12.0 Å². The van der Waals surface area contributed by atoms with Gasteiger partial charge in [0.2, 0.25) is 11.8 Å². The van der Waals surface area contributed by atoms with Gasteiger partial charge in [0.25, 0.3) is 0 Å². The Morgan fingerprint density at radius 1 is 1.17 bits per heavy atom. The van der Waals surface area contributed by atoms with Crippen molar-refractivity contribution < 1.29 is 23.7 Å². The van der Waals surface area contributed by atoms with Gasteiger partial charge in [-0.25, -0.2) is 9.97 Å². The number of rotatable bonds is 16. The largest absolute Gasteiger partial charge is 0.493 e. The van der Waals surface area contributed by atoms with Crippen molar-refractivity contribution in [1.29, 1.82) is 0 Å². The number of ether oxygens (including phenoxy) is 4. The minimum absolute atomic E-state index is 0.128. The van der Waals surface area contributed by atoms with Crippen molar-refractivity contribution in [2.45, 2.75) is 60.3 Å². The molecule has 1 aromatic heterocycles. The molecule has 0 spiro atoms. The summed E-state index contributed by atoms with van der Waals surface area (Å²) in [5.41, 5.74) is 2.63. The fraction of sp³-hybridized carbons (Fsp3) is 0.531. The molecule has 1 fully saturated rings. The molecule has 0 saturated carbocycles. The lowest BCUT2D eigenvalue weighted by atomic mass is 9.80. The highest BCUT2D eigenvalue weighted by atomic mass is 16.5. The first-order chi connectivity index (χ1) is 19.8. The minimum atomic E-state index is -0.128. The van der Waals surface area contributed by atoms with Crippen LogP contribution in [-0.2, 0) is 25.4 Å². The third kappa shape index (κ3) is 9.57. The van der Waals surface area contributed by atoms with E-state index >= 15 is 0 Å². The van der Waals surface area contributed by atoms with E-state index in [1.165, 1.54) is 26.1 Å². The van der Waals surface area contributed by atoms with Crippen molar-refractivity contribution in [3.63, 3.8) is 0 Å². The zero-order chi connectivity index (χ0) is 29.7. The molecule has 9 nitrogen and oxygen atoms in total. The topological polar surface area (TPSA) is 95.0 Å². The Morgan fingerprint density at radius 3 is 2.61 bits per heavy atom. The number of nitrogens with zero attached hydrogens (tertiary/aromatic N) is 3. The van der Waals surface area contributed by atoms with Crippen LogP contribution in [0.5, 0.6) is 5.88 Å². The second-order valence-corrected chi connectivity index (χ2v) is 10.5. The van der Waals surface area contributed by atoms with Crippen molar-refractivity contribution in [3.05, 3.63) is 70.9 Å². The lowest BCUT2D eigenvalue weighted by Crippen LogP contribution is -2.44. The normalized spacial score (nSPS) is 16.9. The van der Waals surface area contributed by atoms with E-state index in [0.717, 1.165) is 50.5 Å². The number of hydrogen-bond acceptors (Lipinski definition) is 8. The molecule has 9 heteroatoms. The molecular formula is C32H46N4O5. The average molecular weight is 567 g/mol. The van der Waals surface area contributed by atoms with Crippen LogP contribution in [0.1, 0.15) is 65.1 Å². The summed E-state index contributed by atoms with van der Waals surface area (Å²) in [5.74, 6) is 2.14. The summed E-state index contributed by atoms with van der Waals surface area (Å²) in [7, 11) is 1.63. The molecule has 0 unspecified atom stereocenters. The Labute approximate surface area is 245 Å². The summed E-state index contributed by atoms with van der Waals surface area (Å²) in [6, 6.07) is 0. The zero-order valence-corrected chi connectivity index (χ0v) is 25.5. The first kappa shape index (κ1) is 32.1. The maximum absolute atomic E-state index is 11.3. The number of carbonyl (C=O) groups is 1.